The summed E-state index contributed by atoms with van der Waals surface area (Å²) in [6.45, 7) is 4.61. The van der Waals surface area contributed by atoms with Crippen molar-refractivity contribution in [2.45, 2.75) is 32.7 Å². The van der Waals surface area contributed by atoms with Gasteiger partial charge in [-0.2, -0.15) is 5.10 Å². The first kappa shape index (κ1) is 13.1. The fourth-order valence-electron chi connectivity index (χ4n) is 2.68. The van der Waals surface area contributed by atoms with E-state index >= 15 is 0 Å². The maximum absolute atomic E-state index is 12.4. The molecule has 1 saturated carbocycles. The highest BCUT2D eigenvalue weighted by Crippen LogP contribution is 2.26. The third kappa shape index (κ3) is 2.27. The van der Waals surface area contributed by atoms with Crippen LogP contribution in [0.3, 0.4) is 0 Å². The van der Waals surface area contributed by atoms with Crippen molar-refractivity contribution >= 4 is 5.91 Å². The van der Waals surface area contributed by atoms with Gasteiger partial charge < -0.3 is 10.6 Å². The van der Waals surface area contributed by atoms with Crippen molar-refractivity contribution in [3.05, 3.63) is 17.0 Å². The SMILES string of the molecule is Cc1nn(C)c(C)c1C(=O)N(C)CC1CC(N)C1. The van der Waals surface area contributed by atoms with Crippen molar-refractivity contribution in [1.29, 1.82) is 0 Å². The number of carbonyl (C=O) groups is 1. The second kappa shape index (κ2) is 4.72. The Labute approximate surface area is 108 Å². The van der Waals surface area contributed by atoms with Crippen LogP contribution >= 0.6 is 0 Å². The van der Waals surface area contributed by atoms with E-state index in [0.29, 0.717) is 12.0 Å². The van der Waals surface area contributed by atoms with Crippen molar-refractivity contribution in [3.8, 4) is 0 Å². The number of nitrogens with two attached hydrogens (primary N) is 1. The van der Waals surface area contributed by atoms with Crippen LogP contribution in [0.4, 0.5) is 0 Å². The molecule has 5 heteroatoms. The normalized spacial score (nSPS) is 22.7. The Kier molecular flexibility index (Phi) is 3.43. The van der Waals surface area contributed by atoms with Crippen LogP contribution in [0.15, 0.2) is 0 Å². The zero-order valence-corrected chi connectivity index (χ0v) is 11.6. The van der Waals surface area contributed by atoms with Gasteiger partial charge in [-0.3, -0.25) is 9.48 Å². The fraction of sp³-hybridized carbons (Fsp3) is 0.692. The lowest BCUT2D eigenvalue weighted by Crippen LogP contribution is -2.43. The van der Waals surface area contributed by atoms with Crippen LogP contribution in [0.25, 0.3) is 0 Å². The molecular formula is C13H22N4O. The molecule has 100 valence electrons. The molecule has 1 fully saturated rings. The number of carbonyl (C=O) groups excluding carboxylic acids is 1. The molecule has 1 aliphatic carbocycles. The molecule has 2 N–H and O–H groups in total. The Morgan fingerprint density at radius 3 is 2.56 bits per heavy atom. The van der Waals surface area contributed by atoms with Gasteiger partial charge in [-0.05, 0) is 32.6 Å². The average Bonchev–Trinajstić information content (AvgIpc) is 2.50. The van der Waals surface area contributed by atoms with Gasteiger partial charge in [0.2, 0.25) is 0 Å². The number of amides is 1. The predicted octanol–water partition coefficient (Wildman–Crippen LogP) is 0.846. The molecule has 0 aliphatic heterocycles. The quantitative estimate of drug-likeness (QED) is 0.865. The Hall–Kier alpha value is -1.36. The molecule has 0 bridgehead atoms. The number of hydrogen-bond acceptors (Lipinski definition) is 3. The molecule has 5 nitrogen and oxygen atoms in total. The summed E-state index contributed by atoms with van der Waals surface area (Å²) in [6, 6.07) is 0.334. The van der Waals surface area contributed by atoms with Crippen LogP contribution in [-0.2, 0) is 7.05 Å². The van der Waals surface area contributed by atoms with E-state index < -0.39 is 0 Å². The van der Waals surface area contributed by atoms with E-state index in [-0.39, 0.29) is 5.91 Å². The average molecular weight is 250 g/mol. The Morgan fingerprint density at radius 2 is 2.11 bits per heavy atom. The number of nitrogens with zero attached hydrogens (tertiary/aromatic N) is 3. The summed E-state index contributed by atoms with van der Waals surface area (Å²) in [6.07, 6.45) is 2.06. The zero-order valence-electron chi connectivity index (χ0n) is 11.6. The third-order valence-corrected chi connectivity index (χ3v) is 3.87. The molecular weight excluding hydrogens is 228 g/mol. The van der Waals surface area contributed by atoms with Crippen LogP contribution in [0.1, 0.15) is 34.6 Å². The molecule has 0 atom stereocenters. The lowest BCUT2D eigenvalue weighted by Gasteiger charge is -2.35. The summed E-state index contributed by atoms with van der Waals surface area (Å²) in [5, 5.41) is 4.29. The molecule has 1 amide bonds. The zero-order chi connectivity index (χ0) is 13.4. The highest BCUT2D eigenvalue weighted by Gasteiger charge is 2.29. The number of hydrogen-bond donors (Lipinski definition) is 1. The van der Waals surface area contributed by atoms with E-state index in [0.717, 1.165) is 36.3 Å². The summed E-state index contributed by atoms with van der Waals surface area (Å²) >= 11 is 0. The second-order valence-corrected chi connectivity index (χ2v) is 5.45. The Balaban J connectivity index is 2.06. The van der Waals surface area contributed by atoms with Crippen molar-refractivity contribution < 1.29 is 4.79 Å². The summed E-state index contributed by atoms with van der Waals surface area (Å²) in [5.41, 5.74) is 8.23. The topological polar surface area (TPSA) is 64.2 Å². The van der Waals surface area contributed by atoms with Crippen molar-refractivity contribution in [2.75, 3.05) is 13.6 Å². The van der Waals surface area contributed by atoms with Crippen molar-refractivity contribution in [1.82, 2.24) is 14.7 Å². The van der Waals surface area contributed by atoms with E-state index in [2.05, 4.69) is 5.10 Å². The molecule has 2 rings (SSSR count). The van der Waals surface area contributed by atoms with Crippen LogP contribution in [0.2, 0.25) is 0 Å². The largest absolute Gasteiger partial charge is 0.341 e. The molecule has 0 unspecified atom stereocenters. The minimum Gasteiger partial charge on any atom is -0.341 e. The molecule has 0 radical (unpaired) electrons. The van der Waals surface area contributed by atoms with Gasteiger partial charge in [0.1, 0.15) is 0 Å². The van der Waals surface area contributed by atoms with Crippen LogP contribution in [0, 0.1) is 19.8 Å². The van der Waals surface area contributed by atoms with Gasteiger partial charge in [0.15, 0.2) is 0 Å². The molecule has 1 aromatic rings. The lowest BCUT2D eigenvalue weighted by atomic mass is 9.80. The maximum Gasteiger partial charge on any atom is 0.257 e. The summed E-state index contributed by atoms with van der Waals surface area (Å²) < 4.78 is 1.76. The van der Waals surface area contributed by atoms with Crippen LogP contribution < -0.4 is 5.73 Å². The van der Waals surface area contributed by atoms with E-state index in [4.69, 9.17) is 5.73 Å². The van der Waals surface area contributed by atoms with E-state index in [1.165, 1.54) is 0 Å². The molecule has 0 aromatic carbocycles. The van der Waals surface area contributed by atoms with Gasteiger partial charge in [-0.25, -0.2) is 0 Å². The predicted molar refractivity (Wildman–Crippen MR) is 70.3 cm³/mol. The van der Waals surface area contributed by atoms with Crippen LogP contribution in [0.5, 0.6) is 0 Å². The Morgan fingerprint density at radius 1 is 1.50 bits per heavy atom. The number of aromatic nitrogens is 2. The maximum atomic E-state index is 12.4. The minimum absolute atomic E-state index is 0.0681. The standard InChI is InChI=1S/C13H22N4O/c1-8-12(9(2)17(4)15-8)13(18)16(3)7-10-5-11(14)6-10/h10-11H,5-7,14H2,1-4H3. The third-order valence-electron chi connectivity index (χ3n) is 3.87. The first-order chi connectivity index (χ1) is 8.40. The molecule has 1 aromatic heterocycles. The van der Waals surface area contributed by atoms with Gasteiger partial charge >= 0.3 is 0 Å². The van der Waals surface area contributed by atoms with Gasteiger partial charge in [0.25, 0.3) is 5.91 Å². The van der Waals surface area contributed by atoms with E-state index in [1.807, 2.05) is 27.9 Å². The molecule has 1 aliphatic rings. The summed E-state index contributed by atoms with van der Waals surface area (Å²) in [7, 11) is 3.72. The number of rotatable bonds is 3. The first-order valence-electron chi connectivity index (χ1n) is 6.41. The molecule has 0 saturated heterocycles. The molecule has 18 heavy (non-hydrogen) atoms. The lowest BCUT2D eigenvalue weighted by molar-refractivity contribution is 0.0732. The van der Waals surface area contributed by atoms with E-state index in [9.17, 15) is 4.79 Å². The minimum atomic E-state index is 0.0681. The highest BCUT2D eigenvalue weighted by atomic mass is 16.2. The molecule has 1 heterocycles. The van der Waals surface area contributed by atoms with E-state index in [1.54, 1.807) is 9.58 Å². The molecule has 0 spiro atoms. The number of aryl methyl sites for hydroxylation is 2. The van der Waals surface area contributed by atoms with Gasteiger partial charge in [-0.1, -0.05) is 0 Å². The smallest absolute Gasteiger partial charge is 0.257 e. The summed E-state index contributed by atoms with van der Waals surface area (Å²) in [4.78, 5) is 14.2. The van der Waals surface area contributed by atoms with Crippen molar-refractivity contribution in [3.63, 3.8) is 0 Å². The Bertz CT molecular complexity index is 460. The first-order valence-corrected chi connectivity index (χ1v) is 6.41. The van der Waals surface area contributed by atoms with Gasteiger partial charge in [0, 0.05) is 32.4 Å². The van der Waals surface area contributed by atoms with Gasteiger partial charge in [-0.15, -0.1) is 0 Å². The van der Waals surface area contributed by atoms with Gasteiger partial charge in [0.05, 0.1) is 11.3 Å². The highest BCUT2D eigenvalue weighted by molar-refractivity contribution is 5.96. The monoisotopic (exact) mass is 250 g/mol. The van der Waals surface area contributed by atoms with Crippen molar-refractivity contribution in [2.24, 2.45) is 18.7 Å². The fourth-order valence-corrected chi connectivity index (χ4v) is 2.68. The second-order valence-electron chi connectivity index (χ2n) is 5.45. The summed E-state index contributed by atoms with van der Waals surface area (Å²) in [5.74, 6) is 0.629. The van der Waals surface area contributed by atoms with Crippen LogP contribution in [-0.4, -0.2) is 40.2 Å².